The molecule has 0 fully saturated rings. The molecule has 0 aromatic heterocycles. The number of halogens is 2. The zero-order chi connectivity index (χ0) is 15.5. The number of hydrogen-bond donors (Lipinski definition) is 2. The molecule has 0 aliphatic rings. The van der Waals surface area contributed by atoms with Gasteiger partial charge in [-0.25, -0.2) is 21.9 Å². The summed E-state index contributed by atoms with van der Waals surface area (Å²) in [4.78, 5) is 0.0490. The van der Waals surface area contributed by atoms with E-state index in [2.05, 4.69) is 4.72 Å². The van der Waals surface area contributed by atoms with Gasteiger partial charge in [0.15, 0.2) is 0 Å². The molecule has 0 saturated carbocycles. The summed E-state index contributed by atoms with van der Waals surface area (Å²) in [6.07, 6.45) is 0. The average Bonchev–Trinajstić information content (AvgIpc) is 2.46. The molecule has 3 N–H and O–H groups in total. The summed E-state index contributed by atoms with van der Waals surface area (Å²) < 4.78 is 52.7. The number of nitrogens with one attached hydrogen (secondary N) is 1. The molecule has 0 spiro atoms. The quantitative estimate of drug-likeness (QED) is 0.886. The van der Waals surface area contributed by atoms with Crippen LogP contribution in [0.3, 0.4) is 0 Å². The van der Waals surface area contributed by atoms with Gasteiger partial charge >= 0.3 is 0 Å². The molecule has 0 atom stereocenters. The Morgan fingerprint density at radius 2 is 1.86 bits per heavy atom. The minimum Gasteiger partial charge on any atom is -0.326 e. The second kappa shape index (κ2) is 6.30. The van der Waals surface area contributed by atoms with E-state index < -0.39 is 21.7 Å². The van der Waals surface area contributed by atoms with Gasteiger partial charge in [0.05, 0.1) is 4.90 Å². The normalized spacial score (nSPS) is 11.6. The second-order valence-electron chi connectivity index (χ2n) is 4.41. The molecule has 2 aromatic rings. The number of nitrogens with two attached hydrogens (primary N) is 1. The lowest BCUT2D eigenvalue weighted by Crippen LogP contribution is -2.24. The lowest BCUT2D eigenvalue weighted by molar-refractivity contribution is 0.562. The first-order chi connectivity index (χ1) is 9.92. The Hall–Kier alpha value is -1.83. The fourth-order valence-electron chi connectivity index (χ4n) is 1.76. The van der Waals surface area contributed by atoms with Crippen molar-refractivity contribution >= 4 is 10.0 Å². The average molecular weight is 312 g/mol. The molecule has 0 aliphatic heterocycles. The molecule has 112 valence electrons. The van der Waals surface area contributed by atoms with Crippen molar-refractivity contribution in [1.29, 1.82) is 0 Å². The molecule has 2 aromatic carbocycles. The molecule has 21 heavy (non-hydrogen) atoms. The molecule has 0 bridgehead atoms. The van der Waals surface area contributed by atoms with Gasteiger partial charge in [-0.1, -0.05) is 18.2 Å². The van der Waals surface area contributed by atoms with Crippen molar-refractivity contribution in [3.63, 3.8) is 0 Å². The van der Waals surface area contributed by atoms with Crippen LogP contribution in [-0.2, 0) is 23.1 Å². The second-order valence-corrected chi connectivity index (χ2v) is 6.18. The van der Waals surface area contributed by atoms with Gasteiger partial charge in [-0.3, -0.25) is 0 Å². The van der Waals surface area contributed by atoms with Crippen LogP contribution in [-0.4, -0.2) is 8.42 Å². The Morgan fingerprint density at radius 3 is 2.52 bits per heavy atom. The summed E-state index contributed by atoms with van der Waals surface area (Å²) in [6.45, 7) is -0.0444. The molecular formula is C14H14F2N2O2S. The van der Waals surface area contributed by atoms with Crippen LogP contribution in [0.5, 0.6) is 0 Å². The standard InChI is InChI=1S/C14H14F2N2O2S/c15-12-5-4-11(14(16)7-12)9-18-21(19,20)13-3-1-2-10(6-13)8-17/h1-7,18H,8-9,17H2. The monoisotopic (exact) mass is 312 g/mol. The lowest BCUT2D eigenvalue weighted by Gasteiger charge is -2.08. The number of sulfonamides is 1. The molecule has 0 aliphatic carbocycles. The molecular weight excluding hydrogens is 298 g/mol. The Morgan fingerprint density at radius 1 is 1.10 bits per heavy atom. The van der Waals surface area contributed by atoms with Crippen molar-refractivity contribution in [2.45, 2.75) is 18.0 Å². The van der Waals surface area contributed by atoms with Gasteiger partial charge in [0.1, 0.15) is 11.6 Å². The third-order valence-electron chi connectivity index (χ3n) is 2.91. The molecule has 0 radical (unpaired) electrons. The van der Waals surface area contributed by atoms with Crippen LogP contribution in [0.1, 0.15) is 11.1 Å². The van der Waals surface area contributed by atoms with Crippen LogP contribution in [0.4, 0.5) is 8.78 Å². The number of hydrogen-bond acceptors (Lipinski definition) is 3. The molecule has 2 rings (SSSR count). The smallest absolute Gasteiger partial charge is 0.240 e. The highest BCUT2D eigenvalue weighted by atomic mass is 32.2. The fourth-order valence-corrected chi connectivity index (χ4v) is 2.84. The van der Waals surface area contributed by atoms with Gasteiger partial charge < -0.3 is 5.73 Å². The van der Waals surface area contributed by atoms with E-state index in [0.29, 0.717) is 11.6 Å². The summed E-state index contributed by atoms with van der Waals surface area (Å²) in [5, 5.41) is 0. The van der Waals surface area contributed by atoms with Gasteiger partial charge in [-0.05, 0) is 23.8 Å². The van der Waals surface area contributed by atoms with Crippen molar-refractivity contribution in [3.8, 4) is 0 Å². The predicted octanol–water partition coefficient (Wildman–Crippen LogP) is 1.90. The van der Waals surface area contributed by atoms with Crippen LogP contribution >= 0.6 is 0 Å². The van der Waals surface area contributed by atoms with Crippen molar-refractivity contribution in [3.05, 3.63) is 65.2 Å². The summed E-state index contributed by atoms with van der Waals surface area (Å²) in [7, 11) is -3.78. The van der Waals surface area contributed by atoms with Crippen molar-refractivity contribution < 1.29 is 17.2 Å². The highest BCUT2D eigenvalue weighted by Crippen LogP contribution is 2.13. The molecule has 0 heterocycles. The molecule has 0 amide bonds. The topological polar surface area (TPSA) is 72.2 Å². The number of benzene rings is 2. The number of rotatable bonds is 5. The molecule has 4 nitrogen and oxygen atoms in total. The summed E-state index contributed by atoms with van der Waals surface area (Å²) in [6, 6.07) is 9.13. The highest BCUT2D eigenvalue weighted by Gasteiger charge is 2.15. The lowest BCUT2D eigenvalue weighted by atomic mass is 10.2. The predicted molar refractivity (Wildman–Crippen MR) is 74.7 cm³/mol. The van der Waals surface area contributed by atoms with Crippen molar-refractivity contribution in [2.75, 3.05) is 0 Å². The van der Waals surface area contributed by atoms with Gasteiger partial charge in [-0.15, -0.1) is 0 Å². The van der Waals surface area contributed by atoms with Crippen LogP contribution in [0.15, 0.2) is 47.4 Å². The Kier molecular flexibility index (Phi) is 4.66. The first-order valence-electron chi connectivity index (χ1n) is 6.15. The maximum Gasteiger partial charge on any atom is 0.240 e. The first kappa shape index (κ1) is 15.6. The van der Waals surface area contributed by atoms with E-state index in [-0.39, 0.29) is 23.5 Å². The van der Waals surface area contributed by atoms with E-state index in [1.165, 1.54) is 18.2 Å². The summed E-state index contributed by atoms with van der Waals surface area (Å²) in [5.74, 6) is -1.51. The fraction of sp³-hybridized carbons (Fsp3) is 0.143. The van der Waals surface area contributed by atoms with E-state index >= 15 is 0 Å². The third-order valence-corrected chi connectivity index (χ3v) is 4.31. The van der Waals surface area contributed by atoms with Crippen LogP contribution in [0.2, 0.25) is 0 Å². The van der Waals surface area contributed by atoms with Crippen molar-refractivity contribution in [2.24, 2.45) is 5.73 Å². The van der Waals surface area contributed by atoms with Gasteiger partial charge in [0.2, 0.25) is 10.0 Å². The maximum atomic E-state index is 13.5. The molecule has 0 unspecified atom stereocenters. The van der Waals surface area contributed by atoms with Crippen LogP contribution in [0.25, 0.3) is 0 Å². The van der Waals surface area contributed by atoms with Crippen LogP contribution < -0.4 is 10.5 Å². The van der Waals surface area contributed by atoms with E-state index in [1.54, 1.807) is 12.1 Å². The van der Waals surface area contributed by atoms with E-state index in [9.17, 15) is 17.2 Å². The first-order valence-corrected chi connectivity index (χ1v) is 7.63. The third kappa shape index (κ3) is 3.84. The summed E-state index contributed by atoms with van der Waals surface area (Å²) >= 11 is 0. The van der Waals surface area contributed by atoms with Gasteiger partial charge in [-0.2, -0.15) is 0 Å². The SMILES string of the molecule is NCc1cccc(S(=O)(=O)NCc2ccc(F)cc2F)c1. The minimum atomic E-state index is -3.78. The Bertz CT molecular complexity index is 748. The van der Waals surface area contributed by atoms with Crippen molar-refractivity contribution in [1.82, 2.24) is 4.72 Å². The van der Waals surface area contributed by atoms with E-state index in [4.69, 9.17) is 5.73 Å². The van der Waals surface area contributed by atoms with E-state index in [1.807, 2.05) is 0 Å². The minimum absolute atomic E-state index is 0.0490. The molecule has 7 heteroatoms. The zero-order valence-electron chi connectivity index (χ0n) is 11.0. The van der Waals surface area contributed by atoms with Gasteiger partial charge in [0, 0.05) is 24.7 Å². The molecule has 0 saturated heterocycles. The highest BCUT2D eigenvalue weighted by molar-refractivity contribution is 7.89. The zero-order valence-corrected chi connectivity index (χ0v) is 11.8. The summed E-state index contributed by atoms with van der Waals surface area (Å²) in [5.41, 5.74) is 6.20. The Balaban J connectivity index is 2.17. The van der Waals surface area contributed by atoms with E-state index in [0.717, 1.165) is 6.07 Å². The Labute approximate surface area is 121 Å². The largest absolute Gasteiger partial charge is 0.326 e. The maximum absolute atomic E-state index is 13.5. The van der Waals surface area contributed by atoms with Gasteiger partial charge in [0.25, 0.3) is 0 Å². The van der Waals surface area contributed by atoms with Crippen LogP contribution in [0, 0.1) is 11.6 Å².